The van der Waals surface area contributed by atoms with Gasteiger partial charge in [-0.2, -0.15) is 18.4 Å². The zero-order valence-electron chi connectivity index (χ0n) is 18.6. The number of nitrogens with one attached hydrogen (secondary N) is 1. The van der Waals surface area contributed by atoms with E-state index in [2.05, 4.69) is 30.8 Å². The van der Waals surface area contributed by atoms with E-state index in [9.17, 15) is 18.5 Å². The third-order valence-corrected chi connectivity index (χ3v) is 6.62. The highest BCUT2D eigenvalue weighted by molar-refractivity contribution is 9.10. The number of hydrazone groups is 1. The molecule has 0 bridgehead atoms. The van der Waals surface area contributed by atoms with E-state index in [4.69, 9.17) is 0 Å². The lowest BCUT2D eigenvalue weighted by atomic mass is 10.2. The Morgan fingerprint density at radius 3 is 2.64 bits per heavy atom. The number of rotatable bonds is 9. The van der Waals surface area contributed by atoms with Crippen LogP contribution in [-0.2, 0) is 10.0 Å². The molecule has 2 aromatic heterocycles. The normalized spacial score (nSPS) is 12.4. The van der Waals surface area contributed by atoms with Gasteiger partial charge in [0.15, 0.2) is 0 Å². The minimum Gasteiger partial charge on any atom is -0.372 e. The van der Waals surface area contributed by atoms with Gasteiger partial charge < -0.3 is 9.80 Å². The first-order valence-electron chi connectivity index (χ1n) is 9.83. The topological polar surface area (TPSA) is 125 Å². The second-order valence-electron chi connectivity index (χ2n) is 7.64. The fourth-order valence-corrected chi connectivity index (χ4v) is 4.54. The molecule has 1 N–H and O–H groups in total. The van der Waals surface area contributed by atoms with Crippen molar-refractivity contribution in [3.05, 3.63) is 63.0 Å². The molecule has 0 spiro atoms. The van der Waals surface area contributed by atoms with Gasteiger partial charge in [-0.3, -0.25) is 14.5 Å². The molecule has 3 rings (SSSR count). The first-order valence-corrected chi connectivity index (χ1v) is 12.1. The van der Waals surface area contributed by atoms with Crippen molar-refractivity contribution in [2.75, 3.05) is 39.1 Å². The van der Waals surface area contributed by atoms with Crippen LogP contribution in [0.1, 0.15) is 12.6 Å². The fourth-order valence-electron chi connectivity index (χ4n) is 3.07. The van der Waals surface area contributed by atoms with Crippen molar-refractivity contribution in [3.8, 4) is 0 Å². The molecule has 0 amide bonds. The summed E-state index contributed by atoms with van der Waals surface area (Å²) in [6.07, 6.45) is 3.38. The van der Waals surface area contributed by atoms with Crippen molar-refractivity contribution in [2.24, 2.45) is 5.10 Å². The number of likely N-dealkylation sites (N-methyl/N-ethyl adjacent to an activating group) is 2. The number of nitro groups is 1. The molecular formula is C20H24BrN7O4S. The number of nitrogens with zero attached hydrogens (tertiary/aromatic N) is 6. The maximum absolute atomic E-state index is 13.2. The van der Waals surface area contributed by atoms with Gasteiger partial charge in [-0.05, 0) is 55.1 Å². The highest BCUT2D eigenvalue weighted by Gasteiger charge is 2.24. The molecule has 2 heterocycles. The minimum absolute atomic E-state index is 0.226. The monoisotopic (exact) mass is 537 g/mol. The number of pyridine rings is 1. The van der Waals surface area contributed by atoms with E-state index >= 15 is 0 Å². The van der Waals surface area contributed by atoms with Crippen molar-refractivity contribution in [2.45, 2.75) is 11.8 Å². The van der Waals surface area contributed by atoms with Crippen molar-refractivity contribution in [1.82, 2.24) is 19.1 Å². The summed E-state index contributed by atoms with van der Waals surface area (Å²) in [5.74, 6) is 0. The van der Waals surface area contributed by atoms with Gasteiger partial charge in [0.1, 0.15) is 10.5 Å². The fraction of sp³-hybridized carbons (Fsp3) is 0.300. The van der Waals surface area contributed by atoms with Crippen LogP contribution in [0, 0.1) is 10.1 Å². The molecule has 0 saturated carbocycles. The lowest BCUT2D eigenvalue weighted by Gasteiger charge is -2.23. The van der Waals surface area contributed by atoms with Gasteiger partial charge in [0, 0.05) is 42.9 Å². The molecule has 0 radical (unpaired) electrons. The number of anilines is 1. The van der Waals surface area contributed by atoms with Crippen LogP contribution < -0.4 is 9.73 Å². The maximum Gasteiger partial charge on any atom is 0.278 e. The van der Waals surface area contributed by atoms with E-state index in [1.165, 1.54) is 12.1 Å². The Balaban J connectivity index is 1.97. The predicted molar refractivity (Wildman–Crippen MR) is 130 cm³/mol. The number of non-ortho nitro benzene ring substituents is 1. The second-order valence-corrected chi connectivity index (χ2v) is 10.2. The molecular weight excluding hydrogens is 514 g/mol. The summed E-state index contributed by atoms with van der Waals surface area (Å²) >= 11 is 3.40. The van der Waals surface area contributed by atoms with Gasteiger partial charge in [-0.15, -0.1) is 0 Å². The number of aromatic nitrogens is 2. The van der Waals surface area contributed by atoms with E-state index in [1.54, 1.807) is 35.7 Å². The van der Waals surface area contributed by atoms with E-state index in [1.807, 2.05) is 31.1 Å². The Morgan fingerprint density at radius 1 is 1.24 bits per heavy atom. The minimum atomic E-state index is -4.21. The Hall–Kier alpha value is -3.03. The van der Waals surface area contributed by atoms with Crippen molar-refractivity contribution in [3.63, 3.8) is 0 Å². The molecule has 13 heteroatoms. The molecule has 0 fully saturated rings. The Bertz CT molecular complexity index is 1320. The number of hydrogen-bond acceptors (Lipinski definition) is 8. The van der Waals surface area contributed by atoms with Crippen molar-refractivity contribution >= 4 is 48.7 Å². The zero-order chi connectivity index (χ0) is 24.3. The summed E-state index contributed by atoms with van der Waals surface area (Å²) in [5, 5.41) is 15.3. The Labute approximate surface area is 200 Å². The molecule has 33 heavy (non-hydrogen) atoms. The highest BCUT2D eigenvalue weighted by atomic mass is 79.9. The van der Waals surface area contributed by atoms with Gasteiger partial charge in [0.25, 0.3) is 15.7 Å². The van der Waals surface area contributed by atoms with Gasteiger partial charge >= 0.3 is 0 Å². The second kappa shape index (κ2) is 9.85. The number of halogens is 1. The molecule has 1 aromatic carbocycles. The van der Waals surface area contributed by atoms with Gasteiger partial charge in [0.05, 0.1) is 28.2 Å². The first-order chi connectivity index (χ1) is 15.5. The average molecular weight is 538 g/mol. The number of sulfonamides is 1. The van der Waals surface area contributed by atoms with E-state index in [-0.39, 0.29) is 10.6 Å². The molecule has 0 atom stereocenters. The van der Waals surface area contributed by atoms with Crippen LogP contribution in [0.3, 0.4) is 0 Å². The summed E-state index contributed by atoms with van der Waals surface area (Å²) in [4.78, 5) is 20.6. The van der Waals surface area contributed by atoms with Crippen LogP contribution in [0.15, 0.2) is 57.2 Å². The van der Waals surface area contributed by atoms with E-state index in [0.29, 0.717) is 35.8 Å². The number of benzene rings is 1. The first kappa shape index (κ1) is 24.6. The summed E-state index contributed by atoms with van der Waals surface area (Å²) in [7, 11) is 1.32. The van der Waals surface area contributed by atoms with Crippen molar-refractivity contribution in [1.29, 1.82) is 0 Å². The van der Waals surface area contributed by atoms with Crippen LogP contribution >= 0.6 is 15.9 Å². The third kappa shape index (κ3) is 5.67. The van der Waals surface area contributed by atoms with E-state index < -0.39 is 14.9 Å². The average Bonchev–Trinajstić information content (AvgIpc) is 3.18. The Kier molecular flexibility index (Phi) is 7.34. The molecule has 0 aliphatic carbocycles. The maximum atomic E-state index is 13.2. The highest BCUT2D eigenvalue weighted by Crippen LogP contribution is 2.29. The van der Waals surface area contributed by atoms with Crippen LogP contribution in [0.2, 0.25) is 0 Å². The number of nitro benzene ring substituents is 1. The number of hydrogen-bond donors (Lipinski definition) is 1. The van der Waals surface area contributed by atoms with E-state index in [0.717, 1.165) is 10.5 Å². The standard InChI is InChI=1S/C20H24BrN7O4S/c1-14(18-12-22-20-8-5-15(21)13-27(18)20)23-24-33(31,32)19-11-16(28(29)30)6-7-17(19)26(4)10-9-25(2)3/h5-8,11-13,24H,9-10H2,1-4H3/b23-14-. The van der Waals surface area contributed by atoms with Crippen LogP contribution in [0.4, 0.5) is 11.4 Å². The van der Waals surface area contributed by atoms with Crippen LogP contribution in [0.25, 0.3) is 5.65 Å². The summed E-state index contributed by atoms with van der Waals surface area (Å²) in [5.41, 5.74) is 1.65. The summed E-state index contributed by atoms with van der Waals surface area (Å²) in [6.45, 7) is 2.83. The quantitative estimate of drug-likeness (QED) is 0.252. The Morgan fingerprint density at radius 2 is 1.97 bits per heavy atom. The molecule has 0 aliphatic heterocycles. The van der Waals surface area contributed by atoms with Gasteiger partial charge in [-0.1, -0.05) is 0 Å². The molecule has 0 unspecified atom stereocenters. The zero-order valence-corrected chi connectivity index (χ0v) is 21.0. The largest absolute Gasteiger partial charge is 0.372 e. The lowest BCUT2D eigenvalue weighted by Crippen LogP contribution is -2.30. The van der Waals surface area contributed by atoms with Crippen molar-refractivity contribution < 1.29 is 13.3 Å². The smallest absolute Gasteiger partial charge is 0.278 e. The predicted octanol–water partition coefficient (Wildman–Crippen LogP) is 2.71. The van der Waals surface area contributed by atoms with Gasteiger partial charge in [-0.25, -0.2) is 4.98 Å². The SMILES string of the molecule is C/C(=N/NS(=O)(=O)c1cc([N+](=O)[O-])ccc1N(C)CCN(C)C)c1cnc2ccc(Br)cn12. The molecule has 176 valence electrons. The lowest BCUT2D eigenvalue weighted by molar-refractivity contribution is -0.385. The summed E-state index contributed by atoms with van der Waals surface area (Å²) in [6, 6.07) is 7.41. The van der Waals surface area contributed by atoms with Crippen LogP contribution in [0.5, 0.6) is 0 Å². The molecule has 0 saturated heterocycles. The number of imidazole rings is 1. The van der Waals surface area contributed by atoms with Crippen LogP contribution in [-0.4, -0.2) is 67.6 Å². The number of fused-ring (bicyclic) bond motifs is 1. The molecule has 3 aromatic rings. The summed E-state index contributed by atoms with van der Waals surface area (Å²) < 4.78 is 28.9. The molecule has 11 nitrogen and oxygen atoms in total. The molecule has 0 aliphatic rings. The third-order valence-electron chi connectivity index (χ3n) is 4.91. The van der Waals surface area contributed by atoms with Gasteiger partial charge in [0.2, 0.25) is 0 Å².